The molecule has 0 atom stereocenters. The van der Waals surface area contributed by atoms with Crippen LogP contribution in [0, 0.1) is 0 Å². The molecule has 0 aliphatic carbocycles. The Labute approximate surface area is 119 Å². The topological polar surface area (TPSA) is 29.5 Å². The van der Waals surface area contributed by atoms with E-state index in [1.807, 2.05) is 36.4 Å². The minimum absolute atomic E-state index is 0.300. The van der Waals surface area contributed by atoms with Crippen LogP contribution in [-0.2, 0) is 0 Å². The first-order chi connectivity index (χ1) is 8.74. The summed E-state index contributed by atoms with van der Waals surface area (Å²) in [7, 11) is 0. The molecule has 0 saturated carbocycles. The Kier molecular flexibility index (Phi) is 4.96. The number of thioether (sulfide) groups is 1. The van der Waals surface area contributed by atoms with Crippen LogP contribution in [-0.4, -0.2) is 17.5 Å². The highest BCUT2D eigenvalue weighted by Gasteiger charge is 1.97. The number of phenolic OH excluding ortho intramolecular Hbond substituents is 1. The molecule has 0 aromatic heterocycles. The van der Waals surface area contributed by atoms with Gasteiger partial charge < -0.3 is 9.84 Å². The van der Waals surface area contributed by atoms with Gasteiger partial charge in [0.15, 0.2) is 0 Å². The summed E-state index contributed by atoms with van der Waals surface area (Å²) in [4.78, 5) is 1.05. The first-order valence-corrected chi connectivity index (χ1v) is 7.32. The van der Waals surface area contributed by atoms with E-state index in [1.165, 1.54) is 0 Å². The number of aromatic hydroxyl groups is 1. The maximum Gasteiger partial charge on any atom is 0.119 e. The monoisotopic (exact) mass is 324 g/mol. The van der Waals surface area contributed by atoms with Crippen molar-refractivity contribution in [1.82, 2.24) is 0 Å². The highest BCUT2D eigenvalue weighted by Crippen LogP contribution is 2.22. The summed E-state index contributed by atoms with van der Waals surface area (Å²) in [5.74, 6) is 2.02. The van der Waals surface area contributed by atoms with Gasteiger partial charge in [0.1, 0.15) is 11.5 Å². The molecule has 0 aliphatic rings. The largest absolute Gasteiger partial charge is 0.508 e. The second kappa shape index (κ2) is 6.71. The third-order valence-corrected chi connectivity index (χ3v) is 3.74. The Morgan fingerprint density at radius 3 is 2.61 bits per heavy atom. The average Bonchev–Trinajstić information content (AvgIpc) is 2.37. The number of ether oxygens (including phenoxy) is 1. The molecule has 0 aliphatic heterocycles. The number of hydrogen-bond donors (Lipinski definition) is 1. The van der Waals surface area contributed by atoms with Gasteiger partial charge in [-0.25, -0.2) is 0 Å². The Morgan fingerprint density at radius 2 is 1.89 bits per heavy atom. The van der Waals surface area contributed by atoms with Crippen molar-refractivity contribution < 1.29 is 9.84 Å². The number of halogens is 1. The van der Waals surface area contributed by atoms with E-state index < -0.39 is 0 Å². The summed E-state index contributed by atoms with van der Waals surface area (Å²) in [6.07, 6.45) is 0. The van der Waals surface area contributed by atoms with Crippen LogP contribution in [0.5, 0.6) is 11.5 Å². The van der Waals surface area contributed by atoms with E-state index in [9.17, 15) is 5.11 Å². The van der Waals surface area contributed by atoms with Crippen molar-refractivity contribution in [3.05, 3.63) is 53.0 Å². The lowest BCUT2D eigenvalue weighted by molar-refractivity contribution is 0.344. The van der Waals surface area contributed by atoms with Crippen molar-refractivity contribution in [2.45, 2.75) is 4.90 Å². The summed E-state index contributed by atoms with van der Waals surface area (Å²) in [5.41, 5.74) is 0. The molecule has 0 saturated heterocycles. The SMILES string of the molecule is Oc1cccc(SCCOc2ccc(Br)cc2)c1. The molecule has 2 rings (SSSR count). The third kappa shape index (κ3) is 4.27. The van der Waals surface area contributed by atoms with Crippen LogP contribution in [0.2, 0.25) is 0 Å². The zero-order valence-corrected chi connectivity index (χ0v) is 12.1. The molecule has 0 amide bonds. The molecule has 1 N–H and O–H groups in total. The Morgan fingerprint density at radius 1 is 1.11 bits per heavy atom. The molecular weight excluding hydrogens is 312 g/mol. The van der Waals surface area contributed by atoms with Crippen molar-refractivity contribution in [2.75, 3.05) is 12.4 Å². The number of rotatable bonds is 5. The number of benzene rings is 2. The predicted octanol–water partition coefficient (Wildman–Crippen LogP) is 4.33. The van der Waals surface area contributed by atoms with Gasteiger partial charge in [0, 0.05) is 15.1 Å². The van der Waals surface area contributed by atoms with E-state index >= 15 is 0 Å². The minimum Gasteiger partial charge on any atom is -0.508 e. The van der Waals surface area contributed by atoms with Crippen LogP contribution in [0.3, 0.4) is 0 Å². The average molecular weight is 325 g/mol. The normalized spacial score (nSPS) is 10.3. The van der Waals surface area contributed by atoms with Crippen molar-refractivity contribution in [3.8, 4) is 11.5 Å². The van der Waals surface area contributed by atoms with Crippen LogP contribution in [0.25, 0.3) is 0 Å². The van der Waals surface area contributed by atoms with E-state index in [2.05, 4.69) is 15.9 Å². The highest BCUT2D eigenvalue weighted by molar-refractivity contribution is 9.10. The number of phenols is 1. The van der Waals surface area contributed by atoms with Gasteiger partial charge in [0.25, 0.3) is 0 Å². The summed E-state index contributed by atoms with van der Waals surface area (Å²) < 4.78 is 6.65. The van der Waals surface area contributed by atoms with E-state index in [0.717, 1.165) is 20.9 Å². The fraction of sp³-hybridized carbons (Fsp3) is 0.143. The lowest BCUT2D eigenvalue weighted by Gasteiger charge is -2.06. The van der Waals surface area contributed by atoms with Crippen LogP contribution in [0.1, 0.15) is 0 Å². The zero-order chi connectivity index (χ0) is 12.8. The summed E-state index contributed by atoms with van der Waals surface area (Å²) >= 11 is 5.04. The van der Waals surface area contributed by atoms with Gasteiger partial charge in [-0.05, 0) is 42.5 Å². The molecule has 0 bridgehead atoms. The third-order valence-electron chi connectivity index (χ3n) is 2.25. The lowest BCUT2D eigenvalue weighted by atomic mass is 10.3. The lowest BCUT2D eigenvalue weighted by Crippen LogP contribution is -1.99. The number of hydrogen-bond acceptors (Lipinski definition) is 3. The van der Waals surface area contributed by atoms with Crippen LogP contribution >= 0.6 is 27.7 Å². The van der Waals surface area contributed by atoms with Crippen molar-refractivity contribution in [2.24, 2.45) is 0 Å². The maximum atomic E-state index is 9.32. The minimum atomic E-state index is 0.300. The van der Waals surface area contributed by atoms with Gasteiger partial charge in [0.2, 0.25) is 0 Å². The molecule has 0 heterocycles. The summed E-state index contributed by atoms with van der Waals surface area (Å²) in [6, 6.07) is 15.0. The van der Waals surface area contributed by atoms with Crippen molar-refractivity contribution in [1.29, 1.82) is 0 Å². The van der Waals surface area contributed by atoms with E-state index in [4.69, 9.17) is 4.74 Å². The predicted molar refractivity (Wildman–Crippen MR) is 78.5 cm³/mol. The Hall–Kier alpha value is -1.13. The first-order valence-electron chi connectivity index (χ1n) is 5.54. The zero-order valence-electron chi connectivity index (χ0n) is 9.67. The van der Waals surface area contributed by atoms with Gasteiger partial charge in [0.05, 0.1) is 6.61 Å². The van der Waals surface area contributed by atoms with Gasteiger partial charge in [-0.3, -0.25) is 0 Å². The van der Waals surface area contributed by atoms with Crippen molar-refractivity contribution in [3.63, 3.8) is 0 Å². The van der Waals surface area contributed by atoms with Gasteiger partial charge >= 0.3 is 0 Å². The van der Waals surface area contributed by atoms with Gasteiger partial charge in [-0.15, -0.1) is 11.8 Å². The molecule has 0 fully saturated rings. The molecule has 2 aromatic carbocycles. The Bertz CT molecular complexity index is 499. The highest BCUT2D eigenvalue weighted by atomic mass is 79.9. The van der Waals surface area contributed by atoms with Crippen LogP contribution in [0.15, 0.2) is 57.9 Å². The van der Waals surface area contributed by atoms with Crippen molar-refractivity contribution >= 4 is 27.7 Å². The molecule has 2 nitrogen and oxygen atoms in total. The fourth-order valence-corrected chi connectivity index (χ4v) is 2.47. The maximum absolute atomic E-state index is 9.32. The second-order valence-corrected chi connectivity index (χ2v) is 5.73. The fourth-order valence-electron chi connectivity index (χ4n) is 1.42. The second-order valence-electron chi connectivity index (χ2n) is 3.65. The molecule has 0 radical (unpaired) electrons. The molecular formula is C14H13BrO2S. The molecule has 0 spiro atoms. The summed E-state index contributed by atoms with van der Waals surface area (Å²) in [5, 5.41) is 9.32. The standard InChI is InChI=1S/C14H13BrO2S/c15-11-4-6-13(7-5-11)17-8-9-18-14-3-1-2-12(16)10-14/h1-7,10,16H,8-9H2. The quantitative estimate of drug-likeness (QED) is 0.655. The molecule has 4 heteroatoms. The first kappa shape index (κ1) is 13.3. The van der Waals surface area contributed by atoms with E-state index in [0.29, 0.717) is 12.4 Å². The van der Waals surface area contributed by atoms with Gasteiger partial charge in [-0.2, -0.15) is 0 Å². The smallest absolute Gasteiger partial charge is 0.119 e. The van der Waals surface area contributed by atoms with E-state index in [1.54, 1.807) is 23.9 Å². The molecule has 94 valence electrons. The summed E-state index contributed by atoms with van der Waals surface area (Å²) in [6.45, 7) is 0.641. The Balaban J connectivity index is 1.74. The molecule has 18 heavy (non-hydrogen) atoms. The molecule has 2 aromatic rings. The van der Waals surface area contributed by atoms with Gasteiger partial charge in [-0.1, -0.05) is 22.0 Å². The molecule has 0 unspecified atom stereocenters. The van der Waals surface area contributed by atoms with Crippen LogP contribution < -0.4 is 4.74 Å². The van der Waals surface area contributed by atoms with Crippen LogP contribution in [0.4, 0.5) is 0 Å². The van der Waals surface area contributed by atoms with E-state index in [-0.39, 0.29) is 0 Å².